The average molecular weight is 294 g/mol. The molecule has 2 amide bonds. The molecule has 1 heterocycles. The fraction of sp³-hybridized carbons (Fsp3) is 0.600. The highest BCUT2D eigenvalue weighted by Gasteiger charge is 2.20. The molecule has 20 heavy (non-hydrogen) atoms. The van der Waals surface area contributed by atoms with Crippen molar-refractivity contribution in [2.75, 3.05) is 6.54 Å². The van der Waals surface area contributed by atoms with Gasteiger partial charge in [0.05, 0.1) is 4.88 Å². The molecular weight excluding hydrogens is 272 g/mol. The Kier molecular flexibility index (Phi) is 5.17. The normalized spacial score (nSPS) is 15.9. The maximum absolute atomic E-state index is 12.2. The predicted octanol–water partition coefficient (Wildman–Crippen LogP) is 2.27. The van der Waals surface area contributed by atoms with Gasteiger partial charge in [-0.25, -0.2) is 0 Å². The largest absolute Gasteiger partial charge is 0.355 e. The summed E-state index contributed by atoms with van der Waals surface area (Å²) < 4.78 is 0. The molecule has 110 valence electrons. The SMILES string of the molecule is CCNC(=O)[C@H](C)NC(=O)c1cc2c(s1)CCCCC2. The van der Waals surface area contributed by atoms with E-state index >= 15 is 0 Å². The average Bonchev–Trinajstić information content (AvgIpc) is 2.70. The van der Waals surface area contributed by atoms with E-state index in [1.165, 1.54) is 29.7 Å². The van der Waals surface area contributed by atoms with Gasteiger partial charge in [-0.05, 0) is 51.2 Å². The third-order valence-corrected chi connectivity index (χ3v) is 4.80. The number of rotatable bonds is 4. The van der Waals surface area contributed by atoms with Crippen LogP contribution in [0.1, 0.15) is 53.2 Å². The van der Waals surface area contributed by atoms with Crippen molar-refractivity contribution in [3.8, 4) is 0 Å². The smallest absolute Gasteiger partial charge is 0.262 e. The maximum Gasteiger partial charge on any atom is 0.262 e. The Hall–Kier alpha value is -1.36. The van der Waals surface area contributed by atoms with Crippen molar-refractivity contribution in [2.24, 2.45) is 0 Å². The molecule has 1 aromatic heterocycles. The molecule has 0 aliphatic heterocycles. The van der Waals surface area contributed by atoms with Gasteiger partial charge in [-0.3, -0.25) is 9.59 Å². The quantitative estimate of drug-likeness (QED) is 0.837. The lowest BCUT2D eigenvalue weighted by atomic mass is 10.1. The van der Waals surface area contributed by atoms with Crippen LogP contribution >= 0.6 is 11.3 Å². The number of fused-ring (bicyclic) bond motifs is 1. The fourth-order valence-corrected chi connectivity index (χ4v) is 3.60. The predicted molar refractivity (Wildman–Crippen MR) is 81.2 cm³/mol. The fourth-order valence-electron chi connectivity index (χ4n) is 2.44. The summed E-state index contributed by atoms with van der Waals surface area (Å²) >= 11 is 1.58. The van der Waals surface area contributed by atoms with Gasteiger partial charge in [0.1, 0.15) is 6.04 Å². The zero-order valence-corrected chi connectivity index (χ0v) is 12.9. The molecule has 1 atom stereocenters. The minimum Gasteiger partial charge on any atom is -0.355 e. The molecule has 0 radical (unpaired) electrons. The second-order valence-electron chi connectivity index (χ2n) is 5.21. The molecule has 5 heteroatoms. The molecule has 0 fully saturated rings. The topological polar surface area (TPSA) is 58.2 Å². The molecule has 0 bridgehead atoms. The van der Waals surface area contributed by atoms with E-state index in [0.717, 1.165) is 17.7 Å². The Morgan fingerprint density at radius 1 is 1.30 bits per heavy atom. The van der Waals surface area contributed by atoms with Gasteiger partial charge in [-0.2, -0.15) is 0 Å². The van der Waals surface area contributed by atoms with E-state index in [4.69, 9.17) is 0 Å². The van der Waals surface area contributed by atoms with Crippen LogP contribution < -0.4 is 10.6 Å². The van der Waals surface area contributed by atoms with E-state index in [1.54, 1.807) is 18.3 Å². The minimum absolute atomic E-state index is 0.137. The zero-order valence-electron chi connectivity index (χ0n) is 12.1. The van der Waals surface area contributed by atoms with Gasteiger partial charge in [0, 0.05) is 11.4 Å². The molecule has 0 saturated heterocycles. The van der Waals surface area contributed by atoms with E-state index in [9.17, 15) is 9.59 Å². The van der Waals surface area contributed by atoms with Gasteiger partial charge in [0.25, 0.3) is 5.91 Å². The van der Waals surface area contributed by atoms with Crippen molar-refractivity contribution in [1.29, 1.82) is 0 Å². The Morgan fingerprint density at radius 2 is 2.05 bits per heavy atom. The lowest BCUT2D eigenvalue weighted by molar-refractivity contribution is -0.122. The summed E-state index contributed by atoms with van der Waals surface area (Å²) in [5, 5.41) is 5.47. The van der Waals surface area contributed by atoms with Crippen molar-refractivity contribution in [3.05, 3.63) is 21.4 Å². The molecular formula is C15H22N2O2S. The number of nitrogens with one attached hydrogen (secondary N) is 2. The first kappa shape index (κ1) is 15.0. The summed E-state index contributed by atoms with van der Waals surface area (Å²) in [6.45, 7) is 4.15. The highest BCUT2D eigenvalue weighted by atomic mass is 32.1. The van der Waals surface area contributed by atoms with Crippen molar-refractivity contribution in [3.63, 3.8) is 0 Å². The Balaban J connectivity index is 2.01. The summed E-state index contributed by atoms with van der Waals surface area (Å²) in [6.07, 6.45) is 5.85. The number of likely N-dealkylation sites (N-methyl/N-ethyl adjacent to an activating group) is 1. The van der Waals surface area contributed by atoms with Crippen LogP contribution in [0.4, 0.5) is 0 Å². The van der Waals surface area contributed by atoms with Crippen LogP contribution in [0.5, 0.6) is 0 Å². The summed E-state index contributed by atoms with van der Waals surface area (Å²) in [6, 6.07) is 1.51. The number of thiophene rings is 1. The Morgan fingerprint density at radius 3 is 2.80 bits per heavy atom. The van der Waals surface area contributed by atoms with Crippen LogP contribution in [0.25, 0.3) is 0 Å². The van der Waals surface area contributed by atoms with Crippen LogP contribution in [0.15, 0.2) is 6.07 Å². The Labute approximate surface area is 124 Å². The van der Waals surface area contributed by atoms with Crippen LogP contribution in [0, 0.1) is 0 Å². The van der Waals surface area contributed by atoms with Crippen molar-refractivity contribution in [1.82, 2.24) is 10.6 Å². The van der Waals surface area contributed by atoms with Gasteiger partial charge < -0.3 is 10.6 Å². The highest BCUT2D eigenvalue weighted by molar-refractivity contribution is 7.14. The first-order chi connectivity index (χ1) is 9.61. The second kappa shape index (κ2) is 6.88. The van der Waals surface area contributed by atoms with Crippen molar-refractivity contribution >= 4 is 23.2 Å². The molecule has 1 aliphatic rings. The summed E-state index contributed by atoms with van der Waals surface area (Å²) in [5.41, 5.74) is 1.32. The summed E-state index contributed by atoms with van der Waals surface area (Å²) in [4.78, 5) is 25.9. The van der Waals surface area contributed by atoms with Crippen LogP contribution in [0.3, 0.4) is 0 Å². The molecule has 0 aromatic carbocycles. The number of amides is 2. The zero-order chi connectivity index (χ0) is 14.5. The van der Waals surface area contributed by atoms with E-state index < -0.39 is 6.04 Å². The third kappa shape index (κ3) is 3.60. The van der Waals surface area contributed by atoms with E-state index in [2.05, 4.69) is 10.6 Å². The lowest BCUT2D eigenvalue weighted by Crippen LogP contribution is -2.44. The monoisotopic (exact) mass is 294 g/mol. The number of carbonyl (C=O) groups is 2. The van der Waals surface area contributed by atoms with Crippen molar-refractivity contribution in [2.45, 2.75) is 52.0 Å². The second-order valence-corrected chi connectivity index (χ2v) is 6.35. The number of aryl methyl sites for hydroxylation is 2. The molecule has 0 saturated carbocycles. The molecule has 0 spiro atoms. The maximum atomic E-state index is 12.2. The first-order valence-electron chi connectivity index (χ1n) is 7.32. The van der Waals surface area contributed by atoms with Crippen LogP contribution in [-0.4, -0.2) is 24.4 Å². The highest BCUT2D eigenvalue weighted by Crippen LogP contribution is 2.28. The summed E-state index contributed by atoms with van der Waals surface area (Å²) in [5.74, 6) is -0.277. The van der Waals surface area contributed by atoms with Crippen LogP contribution in [-0.2, 0) is 17.6 Å². The Bertz CT molecular complexity index is 473. The van der Waals surface area contributed by atoms with E-state index in [0.29, 0.717) is 6.54 Å². The molecule has 0 unspecified atom stereocenters. The lowest BCUT2D eigenvalue weighted by Gasteiger charge is -2.12. The number of hydrogen-bond donors (Lipinski definition) is 2. The van der Waals surface area contributed by atoms with Gasteiger partial charge in [-0.15, -0.1) is 11.3 Å². The third-order valence-electron chi connectivity index (χ3n) is 3.56. The molecule has 2 N–H and O–H groups in total. The van der Waals surface area contributed by atoms with Gasteiger partial charge in [0.2, 0.25) is 5.91 Å². The summed E-state index contributed by atoms with van der Waals surface area (Å²) in [7, 11) is 0. The van der Waals surface area contributed by atoms with Crippen molar-refractivity contribution < 1.29 is 9.59 Å². The molecule has 2 rings (SSSR count). The number of hydrogen-bond acceptors (Lipinski definition) is 3. The standard InChI is InChI=1S/C15H22N2O2S/c1-3-16-14(18)10(2)17-15(19)13-9-11-7-5-4-6-8-12(11)20-13/h9-10H,3-8H2,1-2H3,(H,16,18)(H,17,19)/t10-/m0/s1. The number of carbonyl (C=O) groups excluding carboxylic acids is 2. The van der Waals surface area contributed by atoms with Crippen LogP contribution in [0.2, 0.25) is 0 Å². The van der Waals surface area contributed by atoms with E-state index in [1.807, 2.05) is 13.0 Å². The molecule has 1 aliphatic carbocycles. The first-order valence-corrected chi connectivity index (χ1v) is 8.13. The molecule has 4 nitrogen and oxygen atoms in total. The van der Waals surface area contributed by atoms with Gasteiger partial charge >= 0.3 is 0 Å². The van der Waals surface area contributed by atoms with E-state index in [-0.39, 0.29) is 11.8 Å². The molecule has 1 aromatic rings. The minimum atomic E-state index is -0.496. The van der Waals surface area contributed by atoms with Gasteiger partial charge in [0.15, 0.2) is 0 Å². The van der Waals surface area contributed by atoms with Gasteiger partial charge in [-0.1, -0.05) is 6.42 Å².